The van der Waals surface area contributed by atoms with Crippen molar-refractivity contribution in [2.24, 2.45) is 0 Å². The van der Waals surface area contributed by atoms with Gasteiger partial charge >= 0.3 is 6.18 Å². The second-order valence-corrected chi connectivity index (χ2v) is 7.80. The summed E-state index contributed by atoms with van der Waals surface area (Å²) >= 11 is 0. The highest BCUT2D eigenvalue weighted by Crippen LogP contribution is 2.35. The van der Waals surface area contributed by atoms with Gasteiger partial charge in [-0.15, -0.1) is 0 Å². The number of hydrogen-bond donors (Lipinski definition) is 1. The van der Waals surface area contributed by atoms with Crippen molar-refractivity contribution in [3.63, 3.8) is 0 Å². The Bertz CT molecular complexity index is 1340. The molecular weight excluding hydrogens is 439 g/mol. The lowest BCUT2D eigenvalue weighted by Gasteiger charge is -2.16. The minimum Gasteiger partial charge on any atom is -0.322 e. The number of carbonyl (C=O) groups excluding carboxylic acids is 1. The van der Waals surface area contributed by atoms with Crippen LogP contribution in [0.3, 0.4) is 0 Å². The average molecular weight is 461 g/mol. The molecule has 0 saturated carbocycles. The third-order valence-corrected chi connectivity index (χ3v) is 5.43. The van der Waals surface area contributed by atoms with Crippen molar-refractivity contribution in [3.8, 4) is 5.69 Å². The number of alkyl halides is 3. The van der Waals surface area contributed by atoms with Crippen LogP contribution in [0.5, 0.6) is 0 Å². The fourth-order valence-electron chi connectivity index (χ4n) is 3.80. The standard InChI is InChI=1S/C27H22F3N3O/c1-18-17-23(19(2)33(18)25-9-4-3-8-24(25)27(28,29)30)26(34)32-22-14-11-20(12-15-22)10-13-21-7-5-6-16-31-21/h3-17H,1-2H3,(H,32,34)/b13-10+. The zero-order chi connectivity index (χ0) is 24.3. The number of benzene rings is 2. The van der Waals surface area contributed by atoms with E-state index in [2.05, 4.69) is 10.3 Å². The van der Waals surface area contributed by atoms with Gasteiger partial charge in [0.15, 0.2) is 0 Å². The summed E-state index contributed by atoms with van der Waals surface area (Å²) < 4.78 is 42.1. The molecule has 0 bridgehead atoms. The van der Waals surface area contributed by atoms with Crippen molar-refractivity contribution in [2.45, 2.75) is 20.0 Å². The van der Waals surface area contributed by atoms with Gasteiger partial charge in [-0.05, 0) is 68.0 Å². The zero-order valence-corrected chi connectivity index (χ0v) is 18.6. The van der Waals surface area contributed by atoms with E-state index in [1.165, 1.54) is 16.7 Å². The molecule has 0 atom stereocenters. The lowest BCUT2D eigenvalue weighted by molar-refractivity contribution is -0.137. The number of nitrogens with zero attached hydrogens (tertiary/aromatic N) is 2. The van der Waals surface area contributed by atoms with Gasteiger partial charge in [0.25, 0.3) is 5.91 Å². The number of aromatic nitrogens is 2. The van der Waals surface area contributed by atoms with E-state index in [4.69, 9.17) is 0 Å². The number of para-hydroxylation sites is 1. The number of halogens is 3. The minimum atomic E-state index is -4.51. The lowest BCUT2D eigenvalue weighted by atomic mass is 10.1. The maximum atomic E-state index is 13.5. The smallest absolute Gasteiger partial charge is 0.322 e. The fraction of sp³-hybridized carbons (Fsp3) is 0.111. The van der Waals surface area contributed by atoms with Gasteiger partial charge in [0, 0.05) is 23.3 Å². The van der Waals surface area contributed by atoms with Crippen molar-refractivity contribution in [2.75, 3.05) is 5.32 Å². The van der Waals surface area contributed by atoms with E-state index >= 15 is 0 Å². The Kier molecular flexibility index (Phi) is 6.36. The molecule has 0 aliphatic carbocycles. The minimum absolute atomic E-state index is 0.00639. The van der Waals surface area contributed by atoms with Gasteiger partial charge in [-0.25, -0.2) is 0 Å². The molecule has 2 aromatic heterocycles. The monoisotopic (exact) mass is 461 g/mol. The average Bonchev–Trinajstić information content (AvgIpc) is 3.12. The van der Waals surface area contributed by atoms with Gasteiger partial charge in [0.05, 0.1) is 22.5 Å². The first-order valence-electron chi connectivity index (χ1n) is 10.6. The molecule has 34 heavy (non-hydrogen) atoms. The highest BCUT2D eigenvalue weighted by atomic mass is 19.4. The second kappa shape index (κ2) is 9.39. The largest absolute Gasteiger partial charge is 0.418 e. The van der Waals surface area contributed by atoms with Gasteiger partial charge in [0.2, 0.25) is 0 Å². The van der Waals surface area contributed by atoms with E-state index in [0.29, 0.717) is 22.6 Å². The van der Waals surface area contributed by atoms with Crippen molar-refractivity contribution in [1.82, 2.24) is 9.55 Å². The summed E-state index contributed by atoms with van der Waals surface area (Å²) in [5.41, 5.74) is 2.88. The number of carbonyl (C=O) groups is 1. The van der Waals surface area contributed by atoms with Crippen LogP contribution in [0.4, 0.5) is 18.9 Å². The Morgan fingerprint density at radius 3 is 2.32 bits per heavy atom. The molecule has 0 fully saturated rings. The Morgan fingerprint density at radius 2 is 1.65 bits per heavy atom. The summed E-state index contributed by atoms with van der Waals surface area (Å²) in [6.45, 7) is 3.32. The summed E-state index contributed by atoms with van der Waals surface area (Å²) in [6, 6.07) is 19.9. The first kappa shape index (κ1) is 23.0. The molecule has 0 spiro atoms. The third kappa shape index (κ3) is 4.93. The number of hydrogen-bond acceptors (Lipinski definition) is 2. The normalized spacial score (nSPS) is 11.7. The first-order valence-corrected chi connectivity index (χ1v) is 10.6. The maximum absolute atomic E-state index is 13.5. The Hall–Kier alpha value is -4.13. The Balaban J connectivity index is 1.55. The number of amides is 1. The Labute approximate surface area is 195 Å². The molecular formula is C27H22F3N3O. The number of pyridine rings is 1. The third-order valence-electron chi connectivity index (χ3n) is 5.43. The van der Waals surface area contributed by atoms with Gasteiger partial charge < -0.3 is 9.88 Å². The summed E-state index contributed by atoms with van der Waals surface area (Å²) in [7, 11) is 0. The SMILES string of the molecule is Cc1cc(C(=O)Nc2ccc(/C=C/c3ccccn3)cc2)c(C)n1-c1ccccc1C(F)(F)F. The molecule has 0 unspecified atom stereocenters. The van der Waals surface area contributed by atoms with Gasteiger partial charge in [0.1, 0.15) is 0 Å². The predicted octanol–water partition coefficient (Wildman–Crippen LogP) is 6.93. The molecule has 172 valence electrons. The topological polar surface area (TPSA) is 46.9 Å². The number of rotatable bonds is 5. The van der Waals surface area contributed by atoms with Crippen LogP contribution in [-0.2, 0) is 6.18 Å². The molecule has 0 radical (unpaired) electrons. The lowest BCUT2D eigenvalue weighted by Crippen LogP contribution is -2.14. The van der Waals surface area contributed by atoms with Crippen molar-refractivity contribution >= 4 is 23.7 Å². The van der Waals surface area contributed by atoms with Crippen LogP contribution in [0.2, 0.25) is 0 Å². The van der Waals surface area contributed by atoms with E-state index in [1.807, 2.05) is 42.5 Å². The molecule has 0 aliphatic heterocycles. The number of anilines is 1. The Morgan fingerprint density at radius 1 is 0.941 bits per heavy atom. The number of nitrogens with one attached hydrogen (secondary N) is 1. The molecule has 4 rings (SSSR count). The molecule has 0 saturated heterocycles. The van der Waals surface area contributed by atoms with Crippen molar-refractivity contribution < 1.29 is 18.0 Å². The van der Waals surface area contributed by atoms with Gasteiger partial charge in [-0.3, -0.25) is 9.78 Å². The molecule has 1 N–H and O–H groups in total. The molecule has 4 nitrogen and oxygen atoms in total. The van der Waals surface area contributed by atoms with Crippen LogP contribution in [0.1, 0.15) is 38.6 Å². The predicted molar refractivity (Wildman–Crippen MR) is 128 cm³/mol. The van der Waals surface area contributed by atoms with Crippen molar-refractivity contribution in [3.05, 3.63) is 113 Å². The maximum Gasteiger partial charge on any atom is 0.418 e. The van der Waals surface area contributed by atoms with Crippen LogP contribution in [0.25, 0.3) is 17.8 Å². The first-order chi connectivity index (χ1) is 16.2. The summed E-state index contributed by atoms with van der Waals surface area (Å²) in [6.07, 6.45) is 1.02. The van der Waals surface area contributed by atoms with Crippen LogP contribution in [0.15, 0.2) is 79.0 Å². The summed E-state index contributed by atoms with van der Waals surface area (Å²) in [5, 5.41) is 2.83. The number of aryl methyl sites for hydroxylation is 1. The van der Waals surface area contributed by atoms with Crippen molar-refractivity contribution in [1.29, 1.82) is 0 Å². The molecule has 1 amide bonds. The highest BCUT2D eigenvalue weighted by Gasteiger charge is 2.34. The molecule has 4 aromatic rings. The van der Waals surface area contributed by atoms with E-state index in [-0.39, 0.29) is 11.6 Å². The molecule has 2 heterocycles. The van der Waals surface area contributed by atoms with E-state index < -0.39 is 11.7 Å². The van der Waals surface area contributed by atoms with E-state index in [0.717, 1.165) is 17.3 Å². The second-order valence-electron chi connectivity index (χ2n) is 7.80. The quantitative estimate of drug-likeness (QED) is 0.350. The summed E-state index contributed by atoms with van der Waals surface area (Å²) in [5.74, 6) is -0.388. The molecule has 7 heteroatoms. The molecule has 2 aromatic carbocycles. The zero-order valence-electron chi connectivity index (χ0n) is 18.6. The molecule has 0 aliphatic rings. The highest BCUT2D eigenvalue weighted by molar-refractivity contribution is 6.05. The van der Waals surface area contributed by atoms with Gasteiger partial charge in [-0.1, -0.05) is 36.4 Å². The van der Waals surface area contributed by atoms with Gasteiger partial charge in [-0.2, -0.15) is 13.2 Å². The van der Waals surface area contributed by atoms with Crippen LogP contribution < -0.4 is 5.32 Å². The van der Waals surface area contributed by atoms with E-state index in [9.17, 15) is 18.0 Å². The van der Waals surface area contributed by atoms with Crippen LogP contribution in [-0.4, -0.2) is 15.5 Å². The van der Waals surface area contributed by atoms with Crippen LogP contribution in [0, 0.1) is 13.8 Å². The summed E-state index contributed by atoms with van der Waals surface area (Å²) in [4.78, 5) is 17.2. The van der Waals surface area contributed by atoms with Crippen LogP contribution >= 0.6 is 0 Å². The van der Waals surface area contributed by atoms with E-state index in [1.54, 1.807) is 44.3 Å². The fourth-order valence-corrected chi connectivity index (χ4v) is 3.80.